The van der Waals surface area contributed by atoms with Crippen LogP contribution in [0.1, 0.15) is 5.56 Å². The maximum absolute atomic E-state index is 9.09. The number of para-hydroxylation sites is 1. The second kappa shape index (κ2) is 4.08. The zero-order valence-corrected chi connectivity index (χ0v) is 8.51. The van der Waals surface area contributed by atoms with Crippen LogP contribution < -0.4 is 9.47 Å². The molecule has 1 heterocycles. The van der Waals surface area contributed by atoms with Gasteiger partial charge < -0.3 is 19.7 Å². The first kappa shape index (κ1) is 10.3. The number of ether oxygens (including phenoxy) is 2. The number of fused-ring (bicyclic) bond motifs is 1. The van der Waals surface area contributed by atoms with Gasteiger partial charge in [0.1, 0.15) is 0 Å². The van der Waals surface area contributed by atoms with Gasteiger partial charge in [-0.15, -0.1) is 0 Å². The third-order valence-electron chi connectivity index (χ3n) is 2.50. The third-order valence-corrected chi connectivity index (χ3v) is 2.50. The Balaban J connectivity index is 2.33. The molecule has 4 heteroatoms. The van der Waals surface area contributed by atoms with E-state index in [2.05, 4.69) is 0 Å². The highest BCUT2D eigenvalue weighted by Gasteiger charge is 2.31. The first-order chi connectivity index (χ1) is 7.26. The number of aliphatic hydroxyl groups is 2. The van der Waals surface area contributed by atoms with E-state index in [4.69, 9.17) is 19.7 Å². The fourth-order valence-corrected chi connectivity index (χ4v) is 1.65. The Kier molecular flexibility index (Phi) is 2.79. The van der Waals surface area contributed by atoms with E-state index in [-0.39, 0.29) is 13.2 Å². The van der Waals surface area contributed by atoms with Crippen LogP contribution in [-0.2, 0) is 0 Å². The van der Waals surface area contributed by atoms with Gasteiger partial charge in [0, 0.05) is 0 Å². The molecule has 0 unspecified atom stereocenters. The van der Waals surface area contributed by atoms with Crippen molar-refractivity contribution in [2.45, 2.75) is 19.1 Å². The normalized spacial score (nSPS) is 23.9. The van der Waals surface area contributed by atoms with E-state index in [9.17, 15) is 0 Å². The highest BCUT2D eigenvalue weighted by molar-refractivity contribution is 5.47. The Morgan fingerprint density at radius 2 is 1.80 bits per heavy atom. The summed E-state index contributed by atoms with van der Waals surface area (Å²) in [6, 6.07) is 5.57. The zero-order valence-electron chi connectivity index (χ0n) is 8.51. The molecule has 0 bridgehead atoms. The van der Waals surface area contributed by atoms with E-state index in [0.717, 1.165) is 5.56 Å². The monoisotopic (exact) mass is 210 g/mol. The molecule has 0 amide bonds. The van der Waals surface area contributed by atoms with Crippen molar-refractivity contribution in [3.05, 3.63) is 23.8 Å². The molecule has 0 aliphatic carbocycles. The van der Waals surface area contributed by atoms with Crippen molar-refractivity contribution in [3.8, 4) is 11.5 Å². The van der Waals surface area contributed by atoms with Crippen LogP contribution in [-0.4, -0.2) is 35.6 Å². The van der Waals surface area contributed by atoms with Gasteiger partial charge in [0.2, 0.25) is 0 Å². The summed E-state index contributed by atoms with van der Waals surface area (Å²) in [4.78, 5) is 0. The molecule has 1 aromatic rings. The smallest absolute Gasteiger partial charge is 0.164 e. The summed E-state index contributed by atoms with van der Waals surface area (Å²) in [5.41, 5.74) is 0.960. The molecule has 2 N–H and O–H groups in total. The average molecular weight is 210 g/mol. The van der Waals surface area contributed by atoms with Crippen LogP contribution >= 0.6 is 0 Å². The lowest BCUT2D eigenvalue weighted by molar-refractivity contribution is -0.0354. The highest BCUT2D eigenvalue weighted by atomic mass is 16.6. The van der Waals surface area contributed by atoms with E-state index >= 15 is 0 Å². The topological polar surface area (TPSA) is 58.9 Å². The fourth-order valence-electron chi connectivity index (χ4n) is 1.65. The van der Waals surface area contributed by atoms with Crippen LogP contribution in [0, 0.1) is 6.92 Å². The van der Waals surface area contributed by atoms with Gasteiger partial charge in [-0.1, -0.05) is 12.1 Å². The van der Waals surface area contributed by atoms with Crippen LogP contribution in [0.5, 0.6) is 11.5 Å². The summed E-state index contributed by atoms with van der Waals surface area (Å²) in [6.45, 7) is 1.58. The van der Waals surface area contributed by atoms with Gasteiger partial charge in [-0.25, -0.2) is 0 Å². The number of aryl methyl sites for hydroxylation is 1. The number of rotatable bonds is 2. The lowest BCUT2D eigenvalue weighted by Crippen LogP contribution is -2.44. The SMILES string of the molecule is Cc1cccc2c1O[C@H](CO)[C@@H](CO)O2. The molecule has 0 saturated carbocycles. The van der Waals surface area contributed by atoms with E-state index in [1.54, 1.807) is 6.07 Å². The fraction of sp³-hybridized carbons (Fsp3) is 0.455. The molecule has 0 fully saturated rings. The van der Waals surface area contributed by atoms with E-state index in [1.807, 2.05) is 19.1 Å². The summed E-state index contributed by atoms with van der Waals surface area (Å²) in [7, 11) is 0. The van der Waals surface area contributed by atoms with Crippen molar-refractivity contribution in [2.75, 3.05) is 13.2 Å². The minimum atomic E-state index is -0.497. The number of hydrogen-bond donors (Lipinski definition) is 2. The quantitative estimate of drug-likeness (QED) is 0.745. The lowest BCUT2D eigenvalue weighted by atomic mass is 10.1. The largest absolute Gasteiger partial charge is 0.480 e. The van der Waals surface area contributed by atoms with Crippen molar-refractivity contribution in [1.82, 2.24) is 0 Å². The molecule has 15 heavy (non-hydrogen) atoms. The molecule has 1 aromatic carbocycles. The van der Waals surface area contributed by atoms with Crippen molar-refractivity contribution < 1.29 is 19.7 Å². The molecule has 2 atom stereocenters. The zero-order chi connectivity index (χ0) is 10.8. The van der Waals surface area contributed by atoms with Crippen LogP contribution in [0.25, 0.3) is 0 Å². The van der Waals surface area contributed by atoms with Gasteiger partial charge in [0.15, 0.2) is 23.7 Å². The van der Waals surface area contributed by atoms with Crippen molar-refractivity contribution in [1.29, 1.82) is 0 Å². The Morgan fingerprint density at radius 3 is 2.47 bits per heavy atom. The maximum atomic E-state index is 9.09. The van der Waals surface area contributed by atoms with Crippen LogP contribution in [0.3, 0.4) is 0 Å². The van der Waals surface area contributed by atoms with Gasteiger partial charge in [0.05, 0.1) is 13.2 Å². The summed E-state index contributed by atoms with van der Waals surface area (Å²) in [5, 5.41) is 18.2. The molecular formula is C11H14O4. The van der Waals surface area contributed by atoms with Crippen LogP contribution in [0.2, 0.25) is 0 Å². The van der Waals surface area contributed by atoms with Gasteiger partial charge in [0.25, 0.3) is 0 Å². The average Bonchev–Trinajstić information content (AvgIpc) is 2.28. The van der Waals surface area contributed by atoms with Crippen molar-refractivity contribution in [2.24, 2.45) is 0 Å². The highest BCUT2D eigenvalue weighted by Crippen LogP contribution is 2.36. The Morgan fingerprint density at radius 1 is 1.13 bits per heavy atom. The van der Waals surface area contributed by atoms with E-state index in [1.165, 1.54) is 0 Å². The first-order valence-electron chi connectivity index (χ1n) is 4.91. The summed E-state index contributed by atoms with van der Waals surface area (Å²) >= 11 is 0. The summed E-state index contributed by atoms with van der Waals surface area (Å²) in [6.07, 6.45) is -0.993. The second-order valence-corrected chi connectivity index (χ2v) is 3.58. The van der Waals surface area contributed by atoms with Gasteiger partial charge in [-0.3, -0.25) is 0 Å². The summed E-state index contributed by atoms with van der Waals surface area (Å²) in [5.74, 6) is 1.28. The summed E-state index contributed by atoms with van der Waals surface area (Å²) < 4.78 is 11.1. The molecule has 1 aliphatic rings. The Hall–Kier alpha value is -1.26. The van der Waals surface area contributed by atoms with Gasteiger partial charge in [-0.2, -0.15) is 0 Å². The molecule has 0 saturated heterocycles. The molecule has 4 nitrogen and oxygen atoms in total. The molecule has 1 aliphatic heterocycles. The van der Waals surface area contributed by atoms with Gasteiger partial charge >= 0.3 is 0 Å². The molecule has 0 aromatic heterocycles. The van der Waals surface area contributed by atoms with Gasteiger partial charge in [-0.05, 0) is 18.6 Å². The molecule has 0 spiro atoms. The molecule has 82 valence electrons. The standard InChI is InChI=1S/C11H14O4/c1-7-3-2-4-8-11(7)15-10(6-13)9(5-12)14-8/h2-4,9-10,12-13H,5-6H2,1H3/t9-,10-/m1/s1. The Bertz CT molecular complexity index is 350. The lowest BCUT2D eigenvalue weighted by Gasteiger charge is -2.32. The maximum Gasteiger partial charge on any atom is 0.164 e. The third kappa shape index (κ3) is 1.78. The molecule has 2 rings (SSSR count). The van der Waals surface area contributed by atoms with E-state index < -0.39 is 12.2 Å². The minimum absolute atomic E-state index is 0.168. The first-order valence-corrected chi connectivity index (χ1v) is 4.91. The predicted molar refractivity (Wildman–Crippen MR) is 54.2 cm³/mol. The van der Waals surface area contributed by atoms with Crippen LogP contribution in [0.4, 0.5) is 0 Å². The van der Waals surface area contributed by atoms with Crippen LogP contribution in [0.15, 0.2) is 18.2 Å². The van der Waals surface area contributed by atoms with Crippen molar-refractivity contribution >= 4 is 0 Å². The molecular weight excluding hydrogens is 196 g/mol. The Labute approximate surface area is 88.1 Å². The van der Waals surface area contributed by atoms with Crippen molar-refractivity contribution in [3.63, 3.8) is 0 Å². The number of benzene rings is 1. The number of hydrogen-bond acceptors (Lipinski definition) is 4. The second-order valence-electron chi connectivity index (χ2n) is 3.58. The molecule has 0 radical (unpaired) electrons. The number of aliphatic hydroxyl groups excluding tert-OH is 2. The predicted octanol–water partition coefficient (Wildman–Crippen LogP) is 0.488. The van der Waals surface area contributed by atoms with E-state index in [0.29, 0.717) is 11.5 Å². The minimum Gasteiger partial charge on any atom is -0.480 e.